The number of aliphatic hydroxyl groups excluding tert-OH is 1. The van der Waals surface area contributed by atoms with Crippen molar-refractivity contribution in [3.8, 4) is 0 Å². The molecule has 0 spiro atoms. The zero-order valence-electron chi connectivity index (χ0n) is 21.3. The van der Waals surface area contributed by atoms with Gasteiger partial charge in [0.1, 0.15) is 0 Å². The highest BCUT2D eigenvalue weighted by atomic mass is 32.3. The molecule has 0 amide bonds. The molecule has 0 aromatic carbocycles. The molecule has 2 N–H and O–H groups in total. The first-order chi connectivity index (χ1) is 15.3. The lowest BCUT2D eigenvalue weighted by atomic mass is 9.47. The van der Waals surface area contributed by atoms with Gasteiger partial charge >= 0.3 is 10.4 Å². The molecule has 0 saturated heterocycles. The standard InChI is InChI=1S/C27H46O5S/c1-17(2)25(28)11-6-18(3)22-9-10-23-21-8-7-19-16-20(32-33(29,30)31)12-14-26(19,4)24(21)13-15-27(22,23)5/h7,17-18,20-25,28H,6,8-16H2,1-5H3,(H,29,30,31)/t18-,20+,21?,22?,23?,24?,25?,26?,27?/m1/s1. The second-order valence-electron chi connectivity index (χ2n) is 12.7. The van der Waals surface area contributed by atoms with E-state index in [-0.39, 0.29) is 11.5 Å². The highest BCUT2D eigenvalue weighted by Gasteiger charge is 2.59. The largest absolute Gasteiger partial charge is 0.397 e. The predicted octanol–water partition coefficient (Wildman–Crippen LogP) is 6.19. The predicted molar refractivity (Wildman–Crippen MR) is 131 cm³/mol. The second-order valence-corrected chi connectivity index (χ2v) is 13.8. The van der Waals surface area contributed by atoms with E-state index < -0.39 is 16.5 Å². The third-order valence-electron chi connectivity index (χ3n) is 10.8. The van der Waals surface area contributed by atoms with E-state index in [2.05, 4.69) is 40.7 Å². The average molecular weight is 483 g/mol. The van der Waals surface area contributed by atoms with Gasteiger partial charge in [-0.2, -0.15) is 8.42 Å². The lowest BCUT2D eigenvalue weighted by Gasteiger charge is -2.58. The van der Waals surface area contributed by atoms with Crippen molar-refractivity contribution in [1.29, 1.82) is 0 Å². The first-order valence-electron chi connectivity index (χ1n) is 13.4. The van der Waals surface area contributed by atoms with Crippen LogP contribution in [0.15, 0.2) is 11.6 Å². The summed E-state index contributed by atoms with van der Waals surface area (Å²) in [6.45, 7) is 11.6. The van der Waals surface area contributed by atoms with Crippen LogP contribution in [-0.2, 0) is 14.6 Å². The summed E-state index contributed by atoms with van der Waals surface area (Å²) in [6.07, 6.45) is 12.4. The molecule has 9 atom stereocenters. The second kappa shape index (κ2) is 9.22. The number of fused-ring (bicyclic) bond motifs is 5. The van der Waals surface area contributed by atoms with E-state index in [4.69, 9.17) is 8.74 Å². The van der Waals surface area contributed by atoms with Gasteiger partial charge < -0.3 is 5.11 Å². The van der Waals surface area contributed by atoms with Crippen molar-refractivity contribution < 1.29 is 22.3 Å². The molecule has 0 bridgehead atoms. The van der Waals surface area contributed by atoms with Crippen LogP contribution in [0.5, 0.6) is 0 Å². The van der Waals surface area contributed by atoms with Crippen LogP contribution in [0.3, 0.4) is 0 Å². The number of hydrogen-bond acceptors (Lipinski definition) is 4. The quantitative estimate of drug-likeness (QED) is 0.334. The highest BCUT2D eigenvalue weighted by Crippen LogP contribution is 2.67. The summed E-state index contributed by atoms with van der Waals surface area (Å²) in [7, 11) is -4.40. The third kappa shape index (κ3) is 4.83. The Labute approximate surface area is 201 Å². The fourth-order valence-electron chi connectivity index (χ4n) is 8.83. The molecule has 0 aromatic heterocycles. The van der Waals surface area contributed by atoms with Gasteiger partial charge in [-0.3, -0.25) is 4.55 Å². The van der Waals surface area contributed by atoms with Crippen LogP contribution >= 0.6 is 0 Å². The average Bonchev–Trinajstić information content (AvgIpc) is 3.08. The molecule has 6 heteroatoms. The van der Waals surface area contributed by atoms with Gasteiger partial charge in [0.05, 0.1) is 12.2 Å². The minimum atomic E-state index is -4.40. The summed E-state index contributed by atoms with van der Waals surface area (Å²) in [6, 6.07) is 0. The fraction of sp³-hybridized carbons (Fsp3) is 0.926. The summed E-state index contributed by atoms with van der Waals surface area (Å²) < 4.78 is 36.5. The zero-order chi connectivity index (χ0) is 24.2. The minimum absolute atomic E-state index is 0.133. The molecule has 5 nitrogen and oxygen atoms in total. The highest BCUT2D eigenvalue weighted by molar-refractivity contribution is 7.80. The van der Waals surface area contributed by atoms with E-state index in [1.807, 2.05) is 0 Å². The molecule has 4 rings (SSSR count). The Balaban J connectivity index is 1.47. The van der Waals surface area contributed by atoms with Gasteiger partial charge in [-0.15, -0.1) is 0 Å². The van der Waals surface area contributed by atoms with Crippen LogP contribution < -0.4 is 0 Å². The summed E-state index contributed by atoms with van der Waals surface area (Å²) in [5.74, 6) is 3.89. The maximum atomic E-state index is 11.2. The van der Waals surface area contributed by atoms with Crippen molar-refractivity contribution in [2.75, 3.05) is 0 Å². The lowest BCUT2D eigenvalue weighted by Crippen LogP contribution is -2.51. The van der Waals surface area contributed by atoms with Crippen molar-refractivity contribution in [3.63, 3.8) is 0 Å². The minimum Gasteiger partial charge on any atom is -0.393 e. The summed E-state index contributed by atoms with van der Waals surface area (Å²) in [4.78, 5) is 0. The zero-order valence-corrected chi connectivity index (χ0v) is 22.1. The maximum absolute atomic E-state index is 11.2. The molecule has 4 aliphatic rings. The monoisotopic (exact) mass is 482 g/mol. The van der Waals surface area contributed by atoms with Gasteiger partial charge in [0.15, 0.2) is 0 Å². The lowest BCUT2D eigenvalue weighted by molar-refractivity contribution is -0.0567. The van der Waals surface area contributed by atoms with Gasteiger partial charge in [-0.05, 0) is 111 Å². The van der Waals surface area contributed by atoms with Gasteiger partial charge in [-0.25, -0.2) is 4.18 Å². The van der Waals surface area contributed by atoms with Crippen LogP contribution in [0, 0.1) is 46.3 Å². The number of aliphatic hydroxyl groups is 1. The van der Waals surface area contributed by atoms with Crippen LogP contribution in [0.2, 0.25) is 0 Å². The van der Waals surface area contributed by atoms with E-state index >= 15 is 0 Å². The Morgan fingerprint density at radius 3 is 2.45 bits per heavy atom. The van der Waals surface area contributed by atoms with Crippen LogP contribution in [0.25, 0.3) is 0 Å². The Hall–Kier alpha value is -0.430. The van der Waals surface area contributed by atoms with E-state index in [1.54, 1.807) is 0 Å². The number of rotatable bonds is 7. The molecule has 0 aromatic rings. The Morgan fingerprint density at radius 1 is 1.06 bits per heavy atom. The maximum Gasteiger partial charge on any atom is 0.397 e. The Morgan fingerprint density at radius 2 is 1.79 bits per heavy atom. The fourth-order valence-corrected chi connectivity index (χ4v) is 9.33. The molecule has 7 unspecified atom stereocenters. The number of allylic oxidation sites excluding steroid dienone is 1. The molecule has 0 aliphatic heterocycles. The van der Waals surface area contributed by atoms with E-state index in [1.165, 1.54) is 31.3 Å². The van der Waals surface area contributed by atoms with Crippen molar-refractivity contribution in [2.24, 2.45) is 46.3 Å². The topological polar surface area (TPSA) is 83.8 Å². The van der Waals surface area contributed by atoms with Crippen molar-refractivity contribution >= 4 is 10.4 Å². The van der Waals surface area contributed by atoms with Gasteiger partial charge in [0, 0.05) is 0 Å². The SMILES string of the molecule is CC(C)C(O)CC[C@@H](C)C1CCC2C3CC=C4C[C@@H](OS(=O)(=O)O)CCC4(C)C3CCC21C. The van der Waals surface area contributed by atoms with E-state index in [0.29, 0.717) is 36.0 Å². The molecule has 0 radical (unpaired) electrons. The third-order valence-corrected chi connectivity index (χ3v) is 11.3. The van der Waals surface area contributed by atoms with Gasteiger partial charge in [0.25, 0.3) is 0 Å². The molecule has 3 saturated carbocycles. The molecular weight excluding hydrogens is 436 g/mol. The molecular formula is C27H46O5S. The summed E-state index contributed by atoms with van der Waals surface area (Å²) in [5.41, 5.74) is 1.89. The van der Waals surface area contributed by atoms with Gasteiger partial charge in [-0.1, -0.05) is 46.3 Å². The van der Waals surface area contributed by atoms with Crippen LogP contribution in [-0.4, -0.2) is 30.3 Å². The molecule has 4 aliphatic carbocycles. The summed E-state index contributed by atoms with van der Waals surface area (Å²) >= 11 is 0. The van der Waals surface area contributed by atoms with Crippen molar-refractivity contribution in [3.05, 3.63) is 11.6 Å². The normalized spacial score (nSPS) is 42.8. The first-order valence-corrected chi connectivity index (χ1v) is 14.7. The van der Waals surface area contributed by atoms with E-state index in [0.717, 1.165) is 43.4 Å². The molecule has 33 heavy (non-hydrogen) atoms. The van der Waals surface area contributed by atoms with Crippen molar-refractivity contribution in [1.82, 2.24) is 0 Å². The summed E-state index contributed by atoms with van der Waals surface area (Å²) in [5, 5.41) is 10.3. The molecule has 0 heterocycles. The van der Waals surface area contributed by atoms with Crippen molar-refractivity contribution in [2.45, 2.75) is 111 Å². The van der Waals surface area contributed by atoms with Crippen LogP contribution in [0.1, 0.15) is 98.8 Å². The van der Waals surface area contributed by atoms with E-state index in [9.17, 15) is 13.5 Å². The molecule has 190 valence electrons. The smallest absolute Gasteiger partial charge is 0.393 e. The number of hydrogen-bond donors (Lipinski definition) is 2. The molecule has 3 fully saturated rings. The Kier molecular flexibility index (Phi) is 7.17. The van der Waals surface area contributed by atoms with Crippen LogP contribution in [0.4, 0.5) is 0 Å². The Bertz CT molecular complexity index is 851. The van der Waals surface area contributed by atoms with Gasteiger partial charge in [0.2, 0.25) is 0 Å². The first kappa shape index (κ1) is 25.7.